The number of carbonyl (C=O) groups excluding carboxylic acids is 2. The van der Waals surface area contributed by atoms with Crippen molar-refractivity contribution in [3.63, 3.8) is 0 Å². The van der Waals surface area contributed by atoms with Gasteiger partial charge in [0, 0.05) is 28.2 Å². The molecule has 3 amide bonds. The number of halogens is 2. The number of hydrogen-bond donors (Lipinski definition) is 1. The fraction of sp³-hybridized carbons (Fsp3) is 0.333. The van der Waals surface area contributed by atoms with Crippen molar-refractivity contribution < 1.29 is 18.7 Å². The van der Waals surface area contributed by atoms with E-state index in [-0.39, 0.29) is 43.0 Å². The summed E-state index contributed by atoms with van der Waals surface area (Å²) >= 11 is 7.73. The lowest BCUT2D eigenvalue weighted by Gasteiger charge is -2.38. The summed E-state index contributed by atoms with van der Waals surface area (Å²) in [7, 11) is 0. The molecule has 0 radical (unpaired) electrons. The van der Waals surface area contributed by atoms with Gasteiger partial charge in [-0.15, -0.1) is 11.3 Å². The Bertz CT molecular complexity index is 1200. The molecule has 190 valence electrons. The van der Waals surface area contributed by atoms with Crippen LogP contribution in [0.2, 0.25) is 5.02 Å². The summed E-state index contributed by atoms with van der Waals surface area (Å²) in [5, 5.41) is 5.40. The van der Waals surface area contributed by atoms with Crippen LogP contribution in [0.5, 0.6) is 5.75 Å². The van der Waals surface area contributed by atoms with Crippen LogP contribution < -0.4 is 10.1 Å². The SMILES string of the molecule is CCC(C)N(CC(=O)N1CCc2sccc2C1COc1ccc(F)cc1)C(=O)Nc1cccc(Cl)c1. The number of amides is 3. The Kier molecular flexibility index (Phi) is 8.48. The van der Waals surface area contributed by atoms with Crippen molar-refractivity contribution >= 4 is 40.6 Å². The second-order valence-electron chi connectivity index (χ2n) is 8.74. The molecular formula is C27H29ClFN3O3S. The van der Waals surface area contributed by atoms with E-state index in [1.54, 1.807) is 57.5 Å². The molecule has 1 N–H and O–H groups in total. The van der Waals surface area contributed by atoms with Crippen LogP contribution in [0, 0.1) is 5.82 Å². The third-order valence-corrected chi connectivity index (χ3v) is 7.63. The van der Waals surface area contributed by atoms with E-state index in [1.165, 1.54) is 17.0 Å². The first-order valence-corrected chi connectivity index (χ1v) is 13.2. The quantitative estimate of drug-likeness (QED) is 0.368. The summed E-state index contributed by atoms with van der Waals surface area (Å²) in [4.78, 5) is 31.4. The van der Waals surface area contributed by atoms with Crippen molar-refractivity contribution in [2.45, 2.75) is 38.8 Å². The Hall–Kier alpha value is -3.10. The molecule has 3 aromatic rings. The molecule has 2 atom stereocenters. The molecule has 2 aromatic carbocycles. The Labute approximate surface area is 219 Å². The first kappa shape index (κ1) is 26.0. The maximum atomic E-state index is 13.6. The van der Waals surface area contributed by atoms with E-state index in [9.17, 15) is 14.0 Å². The van der Waals surface area contributed by atoms with Gasteiger partial charge in [-0.25, -0.2) is 9.18 Å². The molecule has 2 unspecified atom stereocenters. The minimum atomic E-state index is -0.354. The van der Waals surface area contributed by atoms with Gasteiger partial charge in [-0.3, -0.25) is 4.79 Å². The number of hydrogen-bond acceptors (Lipinski definition) is 4. The van der Waals surface area contributed by atoms with Gasteiger partial charge in [0.15, 0.2) is 0 Å². The summed E-state index contributed by atoms with van der Waals surface area (Å²) in [6.07, 6.45) is 1.45. The summed E-state index contributed by atoms with van der Waals surface area (Å²) in [6, 6.07) is 14.0. The van der Waals surface area contributed by atoms with E-state index in [1.807, 2.05) is 25.3 Å². The lowest BCUT2D eigenvalue weighted by Crippen LogP contribution is -2.50. The molecule has 0 saturated carbocycles. The normalized spacial score (nSPS) is 15.7. The van der Waals surface area contributed by atoms with Crippen molar-refractivity contribution in [2.75, 3.05) is 25.0 Å². The van der Waals surface area contributed by atoms with Gasteiger partial charge in [-0.1, -0.05) is 24.6 Å². The fourth-order valence-corrected chi connectivity index (χ4v) is 5.35. The van der Waals surface area contributed by atoms with Crippen molar-refractivity contribution in [1.29, 1.82) is 0 Å². The summed E-state index contributed by atoms with van der Waals surface area (Å²) in [6.45, 7) is 4.61. The van der Waals surface area contributed by atoms with Crippen LogP contribution in [-0.2, 0) is 11.2 Å². The predicted molar refractivity (Wildman–Crippen MR) is 141 cm³/mol. The zero-order valence-corrected chi connectivity index (χ0v) is 21.8. The van der Waals surface area contributed by atoms with Crippen LogP contribution in [0.4, 0.5) is 14.9 Å². The number of carbonyl (C=O) groups is 2. The molecule has 0 spiro atoms. The molecule has 0 fully saturated rings. The number of anilines is 1. The minimum absolute atomic E-state index is 0.0616. The van der Waals surface area contributed by atoms with Crippen LogP contribution >= 0.6 is 22.9 Å². The van der Waals surface area contributed by atoms with Crippen LogP contribution in [0.1, 0.15) is 36.8 Å². The molecule has 0 bridgehead atoms. The molecule has 0 saturated heterocycles. The van der Waals surface area contributed by atoms with Gasteiger partial charge in [0.25, 0.3) is 0 Å². The van der Waals surface area contributed by atoms with Crippen LogP contribution in [0.15, 0.2) is 60.0 Å². The number of benzene rings is 2. The highest BCUT2D eigenvalue weighted by Gasteiger charge is 2.34. The average Bonchev–Trinajstić information content (AvgIpc) is 3.35. The topological polar surface area (TPSA) is 61.9 Å². The Morgan fingerprint density at radius 3 is 2.75 bits per heavy atom. The van der Waals surface area contributed by atoms with Crippen LogP contribution in [0.25, 0.3) is 0 Å². The maximum Gasteiger partial charge on any atom is 0.322 e. The van der Waals surface area contributed by atoms with E-state index >= 15 is 0 Å². The van der Waals surface area contributed by atoms with Gasteiger partial charge in [-0.2, -0.15) is 0 Å². The molecule has 1 aliphatic rings. The molecule has 1 aliphatic heterocycles. The zero-order valence-electron chi connectivity index (χ0n) is 20.2. The summed E-state index contributed by atoms with van der Waals surface area (Å²) < 4.78 is 19.2. The molecule has 1 aromatic heterocycles. The molecule has 9 heteroatoms. The number of ether oxygens (including phenoxy) is 1. The van der Waals surface area contributed by atoms with Crippen molar-refractivity contribution in [3.05, 3.63) is 81.3 Å². The minimum Gasteiger partial charge on any atom is -0.491 e. The van der Waals surface area contributed by atoms with Gasteiger partial charge >= 0.3 is 6.03 Å². The number of rotatable bonds is 8. The maximum absolute atomic E-state index is 13.6. The van der Waals surface area contributed by atoms with E-state index in [4.69, 9.17) is 16.3 Å². The lowest BCUT2D eigenvalue weighted by atomic mass is 10.00. The van der Waals surface area contributed by atoms with Gasteiger partial charge in [0.05, 0.1) is 6.04 Å². The summed E-state index contributed by atoms with van der Waals surface area (Å²) in [5.41, 5.74) is 1.62. The Morgan fingerprint density at radius 1 is 1.25 bits per heavy atom. The molecule has 0 aliphatic carbocycles. The second-order valence-corrected chi connectivity index (χ2v) is 10.2. The summed E-state index contributed by atoms with van der Waals surface area (Å²) in [5.74, 6) is 0.0486. The third kappa shape index (κ3) is 6.17. The Morgan fingerprint density at radius 2 is 2.03 bits per heavy atom. The lowest BCUT2D eigenvalue weighted by molar-refractivity contribution is -0.135. The number of fused-ring (bicyclic) bond motifs is 1. The van der Waals surface area contributed by atoms with Gasteiger partial charge < -0.3 is 19.9 Å². The van der Waals surface area contributed by atoms with Crippen molar-refractivity contribution in [3.8, 4) is 5.75 Å². The largest absolute Gasteiger partial charge is 0.491 e. The standard InChI is InChI=1S/C27H29ClFN3O3S/c1-3-18(2)32(27(34)30-21-6-4-5-19(28)15-21)16-26(33)31-13-11-25-23(12-14-36-25)24(31)17-35-22-9-7-20(29)8-10-22/h4-10,12,14-15,18,24H,3,11,13,16-17H2,1-2H3,(H,30,34). The fourth-order valence-electron chi connectivity index (χ4n) is 4.23. The molecule has 4 rings (SSSR count). The van der Waals surface area contributed by atoms with Crippen LogP contribution in [0.3, 0.4) is 0 Å². The highest BCUT2D eigenvalue weighted by molar-refractivity contribution is 7.10. The number of urea groups is 1. The number of thiophene rings is 1. The average molecular weight is 530 g/mol. The van der Waals surface area contributed by atoms with E-state index in [0.29, 0.717) is 29.4 Å². The van der Waals surface area contributed by atoms with E-state index in [0.717, 1.165) is 12.0 Å². The van der Waals surface area contributed by atoms with Gasteiger partial charge in [-0.05, 0) is 79.2 Å². The van der Waals surface area contributed by atoms with Crippen molar-refractivity contribution in [2.24, 2.45) is 0 Å². The first-order chi connectivity index (χ1) is 17.4. The van der Waals surface area contributed by atoms with E-state index in [2.05, 4.69) is 5.32 Å². The molecule has 6 nitrogen and oxygen atoms in total. The second kappa shape index (κ2) is 11.8. The van der Waals surface area contributed by atoms with Crippen molar-refractivity contribution in [1.82, 2.24) is 9.80 Å². The van der Waals surface area contributed by atoms with Gasteiger partial charge in [0.2, 0.25) is 5.91 Å². The number of nitrogens with one attached hydrogen (secondary N) is 1. The number of nitrogens with zero attached hydrogens (tertiary/aromatic N) is 2. The molecule has 2 heterocycles. The van der Waals surface area contributed by atoms with E-state index < -0.39 is 0 Å². The highest BCUT2D eigenvalue weighted by Crippen LogP contribution is 2.34. The smallest absolute Gasteiger partial charge is 0.322 e. The monoisotopic (exact) mass is 529 g/mol. The Balaban J connectivity index is 1.50. The first-order valence-electron chi connectivity index (χ1n) is 11.9. The molecule has 36 heavy (non-hydrogen) atoms. The van der Waals surface area contributed by atoms with Crippen LogP contribution in [-0.4, -0.2) is 47.5 Å². The zero-order chi connectivity index (χ0) is 25.7. The predicted octanol–water partition coefficient (Wildman–Crippen LogP) is 6.38. The molecular weight excluding hydrogens is 501 g/mol. The highest BCUT2D eigenvalue weighted by atomic mass is 35.5. The third-order valence-electron chi connectivity index (χ3n) is 6.40. The van der Waals surface area contributed by atoms with Gasteiger partial charge in [0.1, 0.15) is 24.7 Å².